The average molecular weight is 233 g/mol. The standard InChI is InChI=1S/C14H16FNO/c15-13-7-4-12(5-8-13)6-9-14(17)16-10-2-1-3-11-16/h4-9H,1-3,10-11H2. The van der Waals surface area contributed by atoms with E-state index in [1.54, 1.807) is 24.3 Å². The Morgan fingerprint density at radius 2 is 1.76 bits per heavy atom. The molecule has 2 rings (SSSR count). The lowest BCUT2D eigenvalue weighted by Gasteiger charge is -2.25. The molecule has 0 atom stereocenters. The number of benzene rings is 1. The van der Waals surface area contributed by atoms with Crippen molar-refractivity contribution >= 4 is 12.0 Å². The number of rotatable bonds is 2. The second-order valence-electron chi connectivity index (χ2n) is 4.27. The third-order valence-corrected chi connectivity index (χ3v) is 2.96. The van der Waals surface area contributed by atoms with Crippen molar-refractivity contribution in [2.75, 3.05) is 13.1 Å². The number of likely N-dealkylation sites (tertiary alicyclic amines) is 1. The molecule has 1 amide bonds. The molecule has 1 fully saturated rings. The Balaban J connectivity index is 1.95. The molecule has 0 radical (unpaired) electrons. The Morgan fingerprint density at radius 1 is 1.12 bits per heavy atom. The van der Waals surface area contributed by atoms with Crippen molar-refractivity contribution in [3.05, 3.63) is 41.7 Å². The molecule has 0 bridgehead atoms. The molecule has 1 aliphatic rings. The first-order valence-electron chi connectivity index (χ1n) is 5.98. The van der Waals surface area contributed by atoms with Crippen LogP contribution >= 0.6 is 0 Å². The van der Waals surface area contributed by atoms with Gasteiger partial charge in [-0.3, -0.25) is 4.79 Å². The van der Waals surface area contributed by atoms with E-state index in [-0.39, 0.29) is 11.7 Å². The van der Waals surface area contributed by atoms with Gasteiger partial charge in [-0.15, -0.1) is 0 Å². The lowest BCUT2D eigenvalue weighted by atomic mass is 10.1. The molecule has 3 heteroatoms. The first kappa shape index (κ1) is 11.8. The number of carbonyl (C=O) groups is 1. The number of amides is 1. The highest BCUT2D eigenvalue weighted by Crippen LogP contribution is 2.10. The summed E-state index contributed by atoms with van der Waals surface area (Å²) in [5.41, 5.74) is 0.844. The Morgan fingerprint density at radius 3 is 2.41 bits per heavy atom. The maximum atomic E-state index is 12.7. The fourth-order valence-corrected chi connectivity index (χ4v) is 1.96. The lowest BCUT2D eigenvalue weighted by Crippen LogP contribution is -2.34. The molecular weight excluding hydrogens is 217 g/mol. The minimum Gasteiger partial charge on any atom is -0.339 e. The Labute approximate surface area is 101 Å². The molecule has 17 heavy (non-hydrogen) atoms. The van der Waals surface area contributed by atoms with Crippen LogP contribution in [0.25, 0.3) is 6.08 Å². The van der Waals surface area contributed by atoms with E-state index in [0.29, 0.717) is 0 Å². The van der Waals surface area contributed by atoms with Crippen LogP contribution in [-0.4, -0.2) is 23.9 Å². The molecule has 0 saturated carbocycles. The molecule has 0 aromatic heterocycles. The number of halogens is 1. The quantitative estimate of drug-likeness (QED) is 0.719. The number of nitrogens with zero attached hydrogens (tertiary/aromatic N) is 1. The van der Waals surface area contributed by atoms with Crippen LogP contribution in [-0.2, 0) is 4.79 Å². The zero-order chi connectivity index (χ0) is 12.1. The van der Waals surface area contributed by atoms with Crippen molar-refractivity contribution in [2.24, 2.45) is 0 Å². The summed E-state index contributed by atoms with van der Waals surface area (Å²) in [6.45, 7) is 1.71. The minimum atomic E-state index is -0.260. The molecule has 1 heterocycles. The van der Waals surface area contributed by atoms with Crippen LogP contribution in [0.15, 0.2) is 30.3 Å². The Kier molecular flexibility index (Phi) is 3.91. The minimum absolute atomic E-state index is 0.0500. The summed E-state index contributed by atoms with van der Waals surface area (Å²) in [4.78, 5) is 13.7. The molecule has 0 unspecified atom stereocenters. The van der Waals surface area contributed by atoms with Gasteiger partial charge in [-0.05, 0) is 43.0 Å². The molecule has 90 valence electrons. The largest absolute Gasteiger partial charge is 0.339 e. The van der Waals surface area contributed by atoms with Crippen LogP contribution < -0.4 is 0 Å². The molecule has 1 aromatic carbocycles. The van der Waals surface area contributed by atoms with Gasteiger partial charge < -0.3 is 4.90 Å². The van der Waals surface area contributed by atoms with Crippen molar-refractivity contribution in [3.8, 4) is 0 Å². The molecule has 2 nitrogen and oxygen atoms in total. The topological polar surface area (TPSA) is 20.3 Å². The average Bonchev–Trinajstić information content (AvgIpc) is 2.39. The number of piperidine rings is 1. The van der Waals surface area contributed by atoms with Crippen molar-refractivity contribution in [1.82, 2.24) is 4.90 Å². The van der Waals surface area contributed by atoms with Gasteiger partial charge in [0.2, 0.25) is 5.91 Å². The summed E-state index contributed by atoms with van der Waals surface area (Å²) in [5, 5.41) is 0. The van der Waals surface area contributed by atoms with E-state index >= 15 is 0 Å². The SMILES string of the molecule is O=C(C=Cc1ccc(F)cc1)N1CCCCC1. The maximum absolute atomic E-state index is 12.7. The third kappa shape index (κ3) is 3.41. The molecule has 1 aromatic rings. The van der Waals surface area contributed by atoms with Gasteiger partial charge in [0, 0.05) is 19.2 Å². The van der Waals surface area contributed by atoms with Crippen molar-refractivity contribution in [3.63, 3.8) is 0 Å². The van der Waals surface area contributed by atoms with Crippen molar-refractivity contribution < 1.29 is 9.18 Å². The van der Waals surface area contributed by atoms with E-state index in [9.17, 15) is 9.18 Å². The van der Waals surface area contributed by atoms with Gasteiger partial charge in [-0.1, -0.05) is 12.1 Å². The van der Waals surface area contributed by atoms with E-state index in [0.717, 1.165) is 31.5 Å². The molecular formula is C14H16FNO. The molecule has 0 spiro atoms. The van der Waals surface area contributed by atoms with Crippen molar-refractivity contribution in [1.29, 1.82) is 0 Å². The van der Waals surface area contributed by atoms with E-state index in [2.05, 4.69) is 0 Å². The van der Waals surface area contributed by atoms with Crippen LogP contribution in [0.2, 0.25) is 0 Å². The molecule has 1 saturated heterocycles. The molecule has 0 N–H and O–H groups in total. The Bertz CT molecular complexity index is 405. The van der Waals surface area contributed by atoms with Gasteiger partial charge in [-0.2, -0.15) is 0 Å². The van der Waals surface area contributed by atoms with Gasteiger partial charge in [0.25, 0.3) is 0 Å². The number of carbonyl (C=O) groups excluding carboxylic acids is 1. The van der Waals surface area contributed by atoms with Crippen LogP contribution in [0, 0.1) is 5.82 Å². The summed E-state index contributed by atoms with van der Waals surface area (Å²) >= 11 is 0. The maximum Gasteiger partial charge on any atom is 0.246 e. The third-order valence-electron chi connectivity index (χ3n) is 2.96. The lowest BCUT2D eigenvalue weighted by molar-refractivity contribution is -0.126. The van der Waals surface area contributed by atoms with Gasteiger partial charge in [0.15, 0.2) is 0 Å². The van der Waals surface area contributed by atoms with E-state index < -0.39 is 0 Å². The summed E-state index contributed by atoms with van der Waals surface area (Å²) in [6.07, 6.45) is 6.70. The van der Waals surface area contributed by atoms with E-state index in [4.69, 9.17) is 0 Å². The smallest absolute Gasteiger partial charge is 0.246 e. The van der Waals surface area contributed by atoms with Crippen molar-refractivity contribution in [2.45, 2.75) is 19.3 Å². The van der Waals surface area contributed by atoms with Gasteiger partial charge in [0.05, 0.1) is 0 Å². The van der Waals surface area contributed by atoms with Gasteiger partial charge in [-0.25, -0.2) is 4.39 Å². The van der Waals surface area contributed by atoms with Gasteiger partial charge in [0.1, 0.15) is 5.82 Å². The first-order chi connectivity index (χ1) is 8.25. The summed E-state index contributed by atoms with van der Waals surface area (Å²) in [5.74, 6) is -0.210. The van der Waals surface area contributed by atoms with Crippen LogP contribution in [0.5, 0.6) is 0 Å². The fraction of sp³-hybridized carbons (Fsp3) is 0.357. The Hall–Kier alpha value is -1.64. The second-order valence-corrected chi connectivity index (χ2v) is 4.27. The first-order valence-corrected chi connectivity index (χ1v) is 5.98. The molecule has 1 aliphatic heterocycles. The van der Waals surface area contributed by atoms with Crippen LogP contribution in [0.4, 0.5) is 4.39 Å². The second kappa shape index (κ2) is 5.62. The monoisotopic (exact) mass is 233 g/mol. The predicted octanol–water partition coefficient (Wildman–Crippen LogP) is 2.85. The fourth-order valence-electron chi connectivity index (χ4n) is 1.96. The molecule has 0 aliphatic carbocycles. The highest BCUT2D eigenvalue weighted by molar-refractivity contribution is 5.91. The van der Waals surface area contributed by atoms with Crippen LogP contribution in [0.3, 0.4) is 0 Å². The zero-order valence-electron chi connectivity index (χ0n) is 9.73. The normalized spacial score (nSPS) is 16.4. The van der Waals surface area contributed by atoms with E-state index in [1.807, 2.05) is 4.90 Å². The zero-order valence-corrected chi connectivity index (χ0v) is 9.73. The van der Waals surface area contributed by atoms with E-state index in [1.165, 1.54) is 18.6 Å². The summed E-state index contributed by atoms with van der Waals surface area (Å²) < 4.78 is 12.7. The summed E-state index contributed by atoms with van der Waals surface area (Å²) in [7, 11) is 0. The summed E-state index contributed by atoms with van der Waals surface area (Å²) in [6, 6.07) is 6.11. The number of hydrogen-bond donors (Lipinski definition) is 0. The van der Waals surface area contributed by atoms with Crippen LogP contribution in [0.1, 0.15) is 24.8 Å². The van der Waals surface area contributed by atoms with Gasteiger partial charge >= 0.3 is 0 Å². The predicted molar refractivity (Wildman–Crippen MR) is 65.9 cm³/mol. The highest BCUT2D eigenvalue weighted by Gasteiger charge is 2.13. The number of hydrogen-bond acceptors (Lipinski definition) is 1. The highest BCUT2D eigenvalue weighted by atomic mass is 19.1.